The molecule has 2 N–H and O–H groups in total. The summed E-state index contributed by atoms with van der Waals surface area (Å²) in [4.78, 5) is 11.9. The van der Waals surface area contributed by atoms with Gasteiger partial charge in [0.1, 0.15) is 17.1 Å². The highest BCUT2D eigenvalue weighted by Crippen LogP contribution is 2.43. The molecule has 2 aliphatic rings. The highest BCUT2D eigenvalue weighted by Gasteiger charge is 2.34. The van der Waals surface area contributed by atoms with E-state index in [4.69, 9.17) is 4.74 Å². The van der Waals surface area contributed by atoms with E-state index in [1.807, 2.05) is 12.2 Å². The van der Waals surface area contributed by atoms with Crippen LogP contribution in [-0.2, 0) is 6.54 Å². The van der Waals surface area contributed by atoms with Crippen molar-refractivity contribution in [2.75, 3.05) is 0 Å². The first-order valence-corrected chi connectivity index (χ1v) is 9.63. The highest BCUT2D eigenvalue weighted by molar-refractivity contribution is 6.00. The van der Waals surface area contributed by atoms with Crippen molar-refractivity contribution in [3.63, 3.8) is 0 Å². The van der Waals surface area contributed by atoms with E-state index >= 15 is 0 Å². The zero-order chi connectivity index (χ0) is 19.6. The second-order valence-electron chi connectivity index (χ2n) is 8.00. The zero-order valence-electron chi connectivity index (χ0n) is 16.7. The number of carbonyl (C=O) groups is 1. The topological polar surface area (TPSA) is 58.6 Å². The number of ether oxygens (including phenoxy) is 1. The second kappa shape index (κ2) is 7.63. The van der Waals surface area contributed by atoms with E-state index in [9.17, 15) is 9.90 Å². The van der Waals surface area contributed by atoms with Gasteiger partial charge in [-0.1, -0.05) is 23.3 Å². The van der Waals surface area contributed by atoms with E-state index < -0.39 is 5.60 Å². The number of fused-ring (bicyclic) bond motifs is 3. The number of hydrogen-bond acceptors (Lipinski definition) is 3. The molecule has 1 aromatic carbocycles. The van der Waals surface area contributed by atoms with Gasteiger partial charge >= 0.3 is 0 Å². The van der Waals surface area contributed by atoms with Gasteiger partial charge in [0.2, 0.25) is 0 Å². The third kappa shape index (κ3) is 4.26. The molecule has 1 aromatic rings. The Morgan fingerprint density at radius 1 is 1.30 bits per heavy atom. The third-order valence-electron chi connectivity index (χ3n) is 5.23. The number of hydrogen-bond donors (Lipinski definition) is 2. The lowest BCUT2D eigenvalue weighted by atomic mass is 9.92. The quantitative estimate of drug-likeness (QED) is 0.673. The first-order valence-electron chi connectivity index (χ1n) is 9.63. The van der Waals surface area contributed by atoms with Crippen LogP contribution in [0, 0.1) is 0 Å². The van der Waals surface area contributed by atoms with Crippen LogP contribution < -0.4 is 10.1 Å². The number of phenols is 1. The lowest BCUT2D eigenvalue weighted by Crippen LogP contribution is -2.32. The molecule has 0 fully saturated rings. The molecule has 0 bridgehead atoms. The Bertz CT molecular complexity index is 844. The van der Waals surface area contributed by atoms with Crippen LogP contribution in [0.1, 0.15) is 74.9 Å². The minimum atomic E-state index is -0.448. The van der Waals surface area contributed by atoms with Gasteiger partial charge in [-0.15, -0.1) is 0 Å². The van der Waals surface area contributed by atoms with Crippen molar-refractivity contribution in [2.45, 2.75) is 65.5 Å². The van der Waals surface area contributed by atoms with Crippen molar-refractivity contribution in [2.24, 2.45) is 0 Å². The number of nitrogens with one attached hydrogen (secondary N) is 1. The molecular weight excluding hydrogens is 338 g/mol. The molecule has 0 saturated carbocycles. The fourth-order valence-electron chi connectivity index (χ4n) is 3.58. The summed E-state index contributed by atoms with van der Waals surface area (Å²) in [6.45, 7) is 8.93. The van der Waals surface area contributed by atoms with Crippen LogP contribution in [0.3, 0.4) is 0 Å². The van der Waals surface area contributed by atoms with Crippen molar-refractivity contribution in [3.8, 4) is 11.5 Å². The number of rotatable bonds is 6. The summed E-state index contributed by atoms with van der Waals surface area (Å²) in [5.41, 5.74) is 4.33. The Morgan fingerprint density at radius 2 is 2.07 bits per heavy atom. The van der Waals surface area contributed by atoms with Gasteiger partial charge in [-0.25, -0.2) is 0 Å². The Kier molecular flexibility index (Phi) is 5.45. The summed E-state index contributed by atoms with van der Waals surface area (Å²) in [5, 5.41) is 13.1. The van der Waals surface area contributed by atoms with Crippen molar-refractivity contribution in [1.29, 1.82) is 0 Å². The summed E-state index contributed by atoms with van der Waals surface area (Å²) in [6.07, 6.45) is 12.4. The van der Waals surface area contributed by atoms with E-state index in [0.717, 1.165) is 31.2 Å². The summed E-state index contributed by atoms with van der Waals surface area (Å²) in [5.74, 6) is 0.574. The molecule has 0 radical (unpaired) electrons. The first kappa shape index (κ1) is 19.3. The van der Waals surface area contributed by atoms with E-state index in [1.165, 1.54) is 17.2 Å². The highest BCUT2D eigenvalue weighted by atomic mass is 16.5. The molecule has 27 heavy (non-hydrogen) atoms. The van der Waals surface area contributed by atoms with Gasteiger partial charge in [0, 0.05) is 12.1 Å². The van der Waals surface area contributed by atoms with Crippen LogP contribution in [-0.4, -0.2) is 16.6 Å². The van der Waals surface area contributed by atoms with Crippen molar-refractivity contribution < 1.29 is 14.6 Å². The van der Waals surface area contributed by atoms with Gasteiger partial charge in [-0.2, -0.15) is 0 Å². The fourth-order valence-corrected chi connectivity index (χ4v) is 3.58. The van der Waals surface area contributed by atoms with Crippen LogP contribution in [0.15, 0.2) is 35.4 Å². The zero-order valence-corrected chi connectivity index (χ0v) is 16.7. The van der Waals surface area contributed by atoms with Crippen molar-refractivity contribution in [1.82, 2.24) is 5.32 Å². The molecule has 1 unspecified atom stereocenters. The average molecular weight is 367 g/mol. The molecule has 0 aromatic heterocycles. The minimum absolute atomic E-state index is 0.0918. The Hall–Kier alpha value is -2.49. The largest absolute Gasteiger partial charge is 0.507 e. The van der Waals surface area contributed by atoms with E-state index in [1.54, 1.807) is 0 Å². The van der Waals surface area contributed by atoms with Gasteiger partial charge in [0.15, 0.2) is 0 Å². The average Bonchev–Trinajstić information content (AvgIpc) is 2.95. The Balaban J connectivity index is 1.69. The predicted molar refractivity (Wildman–Crippen MR) is 109 cm³/mol. The Labute approximate surface area is 161 Å². The standard InChI is InChI=1S/C23H29NO3/c1-15(2)7-5-8-16(3)9-6-11-23(4)12-10-17-20(25)13-18-19(21(17)27-23)14-24-22(18)26/h7,9-10,12-13,25H,5-6,8,11,14H2,1-4H3,(H,24,26). The van der Waals surface area contributed by atoms with E-state index in [2.05, 4.69) is 45.2 Å². The maximum Gasteiger partial charge on any atom is 0.252 e. The van der Waals surface area contributed by atoms with Gasteiger partial charge < -0.3 is 15.2 Å². The SMILES string of the molecule is CC(C)=CCCC(C)=CCCC1(C)C=Cc2c(O)cc3c(c2O1)CNC3=O. The van der Waals surface area contributed by atoms with E-state index in [0.29, 0.717) is 23.4 Å². The lowest BCUT2D eigenvalue weighted by molar-refractivity contribution is 0.0965. The molecule has 0 spiro atoms. The van der Waals surface area contributed by atoms with Gasteiger partial charge in [0.05, 0.1) is 11.1 Å². The number of amides is 1. The summed E-state index contributed by atoms with van der Waals surface area (Å²) in [6, 6.07) is 1.53. The predicted octanol–water partition coefficient (Wildman–Crippen LogP) is 5.27. The van der Waals surface area contributed by atoms with Crippen LogP contribution in [0.2, 0.25) is 0 Å². The normalized spacial score (nSPS) is 20.6. The molecule has 3 rings (SSSR count). The fraction of sp³-hybridized carbons (Fsp3) is 0.435. The molecule has 2 heterocycles. The van der Waals surface area contributed by atoms with Gasteiger partial charge in [-0.05, 0) is 71.6 Å². The molecule has 0 aliphatic carbocycles. The number of phenolic OH excluding ortho intramolecular Hbond substituents is 1. The first-order chi connectivity index (χ1) is 12.8. The molecule has 144 valence electrons. The van der Waals surface area contributed by atoms with Crippen molar-refractivity contribution in [3.05, 3.63) is 52.1 Å². The minimum Gasteiger partial charge on any atom is -0.507 e. The maximum atomic E-state index is 11.9. The smallest absolute Gasteiger partial charge is 0.252 e. The maximum absolute atomic E-state index is 11.9. The summed E-state index contributed by atoms with van der Waals surface area (Å²) in [7, 11) is 0. The molecular formula is C23H29NO3. The van der Waals surface area contributed by atoms with Crippen LogP contribution in [0.25, 0.3) is 6.08 Å². The van der Waals surface area contributed by atoms with Crippen molar-refractivity contribution >= 4 is 12.0 Å². The monoisotopic (exact) mass is 367 g/mol. The number of aromatic hydroxyl groups is 1. The molecule has 4 heteroatoms. The third-order valence-corrected chi connectivity index (χ3v) is 5.23. The lowest BCUT2D eigenvalue weighted by Gasteiger charge is -2.33. The molecule has 1 amide bonds. The number of benzene rings is 1. The molecule has 1 atom stereocenters. The van der Waals surface area contributed by atoms with Crippen LogP contribution >= 0.6 is 0 Å². The second-order valence-corrected chi connectivity index (χ2v) is 8.00. The molecule has 4 nitrogen and oxygen atoms in total. The molecule has 0 saturated heterocycles. The van der Waals surface area contributed by atoms with Gasteiger partial charge in [-0.3, -0.25) is 4.79 Å². The Morgan fingerprint density at radius 3 is 2.81 bits per heavy atom. The summed E-state index contributed by atoms with van der Waals surface area (Å²) >= 11 is 0. The van der Waals surface area contributed by atoms with Crippen LogP contribution in [0.4, 0.5) is 0 Å². The van der Waals surface area contributed by atoms with Crippen LogP contribution in [0.5, 0.6) is 11.5 Å². The summed E-state index contributed by atoms with van der Waals surface area (Å²) < 4.78 is 6.31. The number of carbonyl (C=O) groups excluding carboxylic acids is 1. The van der Waals surface area contributed by atoms with Gasteiger partial charge in [0.25, 0.3) is 5.91 Å². The number of allylic oxidation sites excluding steroid dienone is 4. The van der Waals surface area contributed by atoms with E-state index in [-0.39, 0.29) is 11.7 Å². The molecule has 2 aliphatic heterocycles.